The molecular formula is C28H27Cl2N3O2. The average molecular weight is 508 g/mol. The highest BCUT2D eigenvalue weighted by Gasteiger charge is 2.30. The highest BCUT2D eigenvalue weighted by atomic mass is 35.5. The maximum Gasteiger partial charge on any atom is 0.252 e. The number of rotatable bonds is 7. The van der Waals surface area contributed by atoms with Gasteiger partial charge in [0, 0.05) is 43.9 Å². The molecule has 1 aliphatic heterocycles. The number of carbonyl (C=O) groups is 2. The summed E-state index contributed by atoms with van der Waals surface area (Å²) in [4.78, 5) is 30.5. The van der Waals surface area contributed by atoms with Crippen LogP contribution in [0.25, 0.3) is 11.1 Å². The fourth-order valence-electron chi connectivity index (χ4n) is 4.97. The number of fused-ring (bicyclic) bond motifs is 3. The molecule has 35 heavy (non-hydrogen) atoms. The van der Waals surface area contributed by atoms with E-state index in [9.17, 15) is 9.59 Å². The number of piperazine rings is 1. The van der Waals surface area contributed by atoms with Crippen molar-refractivity contribution in [1.82, 2.24) is 10.2 Å². The van der Waals surface area contributed by atoms with E-state index in [-0.39, 0.29) is 11.7 Å². The van der Waals surface area contributed by atoms with Gasteiger partial charge >= 0.3 is 0 Å². The Morgan fingerprint density at radius 3 is 2.34 bits per heavy atom. The molecule has 0 radical (unpaired) electrons. The average Bonchev–Trinajstić information content (AvgIpc) is 3.18. The maximum atomic E-state index is 12.9. The molecule has 1 amide bonds. The van der Waals surface area contributed by atoms with Crippen molar-refractivity contribution in [2.75, 3.05) is 44.2 Å². The first-order chi connectivity index (χ1) is 17.0. The van der Waals surface area contributed by atoms with E-state index in [1.54, 1.807) is 6.07 Å². The van der Waals surface area contributed by atoms with Gasteiger partial charge in [0.15, 0.2) is 5.78 Å². The van der Waals surface area contributed by atoms with Gasteiger partial charge in [0.05, 0.1) is 21.3 Å². The van der Waals surface area contributed by atoms with E-state index in [0.717, 1.165) is 62.4 Å². The zero-order chi connectivity index (χ0) is 24.4. The van der Waals surface area contributed by atoms with E-state index in [0.29, 0.717) is 33.3 Å². The molecule has 7 heteroatoms. The lowest BCUT2D eigenvalue weighted by molar-refractivity contribution is 0.0942. The van der Waals surface area contributed by atoms with E-state index < -0.39 is 0 Å². The van der Waals surface area contributed by atoms with Crippen molar-refractivity contribution in [1.29, 1.82) is 0 Å². The largest absolute Gasteiger partial charge is 0.368 e. The van der Waals surface area contributed by atoms with E-state index in [4.69, 9.17) is 23.2 Å². The number of halogens is 2. The van der Waals surface area contributed by atoms with E-state index in [1.807, 2.05) is 54.6 Å². The van der Waals surface area contributed by atoms with Crippen LogP contribution in [0.1, 0.15) is 39.1 Å². The topological polar surface area (TPSA) is 52.7 Å². The SMILES string of the molecule is O=C(NCCCCN1CCN(c2cccc(Cl)c2Cl)CC1)c1cccc2c1C(=O)c1ccccc1-2. The van der Waals surface area contributed by atoms with E-state index >= 15 is 0 Å². The molecule has 3 aromatic carbocycles. The predicted octanol–water partition coefficient (Wildman–Crippen LogP) is 5.54. The molecule has 1 saturated heterocycles. The summed E-state index contributed by atoms with van der Waals surface area (Å²) >= 11 is 12.5. The predicted molar refractivity (Wildman–Crippen MR) is 142 cm³/mol. The maximum absolute atomic E-state index is 12.9. The number of ketones is 1. The summed E-state index contributed by atoms with van der Waals surface area (Å²) < 4.78 is 0. The number of unbranched alkanes of at least 4 members (excludes halogenated alkanes) is 1. The summed E-state index contributed by atoms with van der Waals surface area (Å²) in [7, 11) is 0. The molecule has 2 aliphatic rings. The molecule has 1 N–H and O–H groups in total. The molecule has 0 aromatic heterocycles. The molecule has 0 saturated carbocycles. The lowest BCUT2D eigenvalue weighted by atomic mass is 10.0. The van der Waals surface area contributed by atoms with Gasteiger partial charge < -0.3 is 10.2 Å². The minimum atomic E-state index is -0.185. The fourth-order valence-corrected chi connectivity index (χ4v) is 5.38. The minimum Gasteiger partial charge on any atom is -0.368 e. The van der Waals surface area contributed by atoms with Gasteiger partial charge in [0.25, 0.3) is 5.91 Å². The van der Waals surface area contributed by atoms with Crippen molar-refractivity contribution in [3.8, 4) is 11.1 Å². The zero-order valence-electron chi connectivity index (χ0n) is 19.4. The third-order valence-corrected chi connectivity index (χ3v) is 7.64. The van der Waals surface area contributed by atoms with Crippen LogP contribution in [0.5, 0.6) is 0 Å². The van der Waals surface area contributed by atoms with Gasteiger partial charge in [-0.1, -0.05) is 65.7 Å². The molecule has 0 atom stereocenters. The highest BCUT2D eigenvalue weighted by molar-refractivity contribution is 6.43. The van der Waals surface area contributed by atoms with Crippen molar-refractivity contribution in [2.45, 2.75) is 12.8 Å². The Bertz CT molecular complexity index is 1270. The molecule has 180 valence electrons. The summed E-state index contributed by atoms with van der Waals surface area (Å²) in [5.41, 5.74) is 4.38. The molecule has 5 rings (SSSR count). The van der Waals surface area contributed by atoms with Crippen LogP contribution in [-0.4, -0.2) is 55.9 Å². The smallest absolute Gasteiger partial charge is 0.252 e. The number of hydrogen-bond donors (Lipinski definition) is 1. The minimum absolute atomic E-state index is 0.0699. The van der Waals surface area contributed by atoms with Crippen LogP contribution in [0.2, 0.25) is 10.0 Å². The van der Waals surface area contributed by atoms with Crippen LogP contribution >= 0.6 is 23.2 Å². The number of carbonyl (C=O) groups excluding carboxylic acids is 2. The standard InChI is InChI=1S/C28H27Cl2N3O2/c29-23-11-6-12-24(26(23)30)33-17-15-32(16-18-33)14-4-3-13-31-28(35)22-10-5-9-20-19-7-1-2-8-21(19)27(34)25(20)22/h1-2,5-12H,3-4,13-18H2,(H,31,35). The van der Waals surface area contributed by atoms with Gasteiger partial charge in [0.2, 0.25) is 0 Å². The highest BCUT2D eigenvalue weighted by Crippen LogP contribution is 2.38. The number of hydrogen-bond acceptors (Lipinski definition) is 4. The second kappa shape index (κ2) is 10.4. The summed E-state index contributed by atoms with van der Waals surface area (Å²) in [6, 6.07) is 18.8. The van der Waals surface area contributed by atoms with Gasteiger partial charge in [-0.15, -0.1) is 0 Å². The first-order valence-electron chi connectivity index (χ1n) is 12.0. The molecule has 1 fully saturated rings. The van der Waals surface area contributed by atoms with Crippen LogP contribution in [0.3, 0.4) is 0 Å². The van der Waals surface area contributed by atoms with Gasteiger partial charge in [-0.3, -0.25) is 14.5 Å². The molecule has 3 aromatic rings. The second-order valence-corrected chi connectivity index (χ2v) is 9.75. The van der Waals surface area contributed by atoms with E-state index in [1.165, 1.54) is 0 Å². The monoisotopic (exact) mass is 507 g/mol. The van der Waals surface area contributed by atoms with Crippen molar-refractivity contribution in [2.24, 2.45) is 0 Å². The summed E-state index contributed by atoms with van der Waals surface area (Å²) in [6.07, 6.45) is 1.88. The van der Waals surface area contributed by atoms with Crippen molar-refractivity contribution in [3.63, 3.8) is 0 Å². The Balaban J connectivity index is 1.08. The Morgan fingerprint density at radius 2 is 1.54 bits per heavy atom. The third kappa shape index (κ3) is 4.81. The van der Waals surface area contributed by atoms with Crippen LogP contribution < -0.4 is 10.2 Å². The molecular weight excluding hydrogens is 481 g/mol. The normalized spacial score (nSPS) is 15.1. The first kappa shape index (κ1) is 23.9. The van der Waals surface area contributed by atoms with Gasteiger partial charge in [-0.25, -0.2) is 0 Å². The van der Waals surface area contributed by atoms with Crippen molar-refractivity contribution in [3.05, 3.63) is 87.4 Å². The number of anilines is 1. The number of amides is 1. The summed E-state index contributed by atoms with van der Waals surface area (Å²) in [5, 5.41) is 4.21. The Labute approximate surface area is 215 Å². The Kier molecular flexibility index (Phi) is 7.09. The summed E-state index contributed by atoms with van der Waals surface area (Å²) in [6.45, 7) is 5.32. The lowest BCUT2D eigenvalue weighted by Gasteiger charge is -2.36. The van der Waals surface area contributed by atoms with Crippen LogP contribution in [0.15, 0.2) is 60.7 Å². The number of nitrogens with one attached hydrogen (secondary N) is 1. The fraction of sp³-hybridized carbons (Fsp3) is 0.286. The van der Waals surface area contributed by atoms with E-state index in [2.05, 4.69) is 15.1 Å². The van der Waals surface area contributed by atoms with Crippen molar-refractivity contribution < 1.29 is 9.59 Å². The Hall–Kier alpha value is -2.86. The van der Waals surface area contributed by atoms with Gasteiger partial charge in [0.1, 0.15) is 0 Å². The van der Waals surface area contributed by atoms with Gasteiger partial charge in [-0.2, -0.15) is 0 Å². The van der Waals surface area contributed by atoms with Gasteiger partial charge in [-0.05, 0) is 48.7 Å². The van der Waals surface area contributed by atoms with Crippen LogP contribution in [0, 0.1) is 0 Å². The quantitative estimate of drug-likeness (QED) is 0.333. The lowest BCUT2D eigenvalue weighted by Crippen LogP contribution is -2.46. The van der Waals surface area contributed by atoms with Crippen LogP contribution in [-0.2, 0) is 0 Å². The molecule has 1 heterocycles. The number of benzene rings is 3. The molecule has 0 bridgehead atoms. The first-order valence-corrected chi connectivity index (χ1v) is 12.8. The zero-order valence-corrected chi connectivity index (χ0v) is 20.9. The summed E-state index contributed by atoms with van der Waals surface area (Å²) in [5.74, 6) is -0.255. The molecule has 5 nitrogen and oxygen atoms in total. The molecule has 0 unspecified atom stereocenters. The second-order valence-electron chi connectivity index (χ2n) is 8.97. The van der Waals surface area contributed by atoms with Crippen LogP contribution in [0.4, 0.5) is 5.69 Å². The molecule has 0 spiro atoms. The third-order valence-electron chi connectivity index (χ3n) is 6.83. The number of nitrogens with zero attached hydrogens (tertiary/aromatic N) is 2. The molecule has 1 aliphatic carbocycles. The Morgan fingerprint density at radius 1 is 0.829 bits per heavy atom. The van der Waals surface area contributed by atoms with Crippen molar-refractivity contribution >= 4 is 40.6 Å².